The maximum absolute atomic E-state index is 11.5. The molecule has 1 aliphatic carbocycles. The molecule has 1 fully saturated rings. The van der Waals surface area contributed by atoms with Crippen LogP contribution in [-0.4, -0.2) is 19.1 Å². The molecular formula is C14H20N2O2. The molecule has 1 atom stereocenters. The van der Waals surface area contributed by atoms with Crippen LogP contribution in [0.25, 0.3) is 0 Å². The van der Waals surface area contributed by atoms with Crippen molar-refractivity contribution in [2.75, 3.05) is 13.2 Å². The number of hydrogen-bond acceptors (Lipinski definition) is 3. The van der Waals surface area contributed by atoms with Gasteiger partial charge in [0.25, 0.3) is 5.91 Å². The van der Waals surface area contributed by atoms with Crippen molar-refractivity contribution in [1.29, 1.82) is 0 Å². The normalized spacial score (nSPS) is 16.1. The fourth-order valence-corrected chi connectivity index (χ4v) is 1.67. The summed E-state index contributed by atoms with van der Waals surface area (Å²) in [6, 6.07) is 7.51. The Morgan fingerprint density at radius 2 is 2.33 bits per heavy atom. The van der Waals surface area contributed by atoms with Crippen molar-refractivity contribution in [2.24, 2.45) is 11.7 Å². The van der Waals surface area contributed by atoms with Crippen molar-refractivity contribution < 1.29 is 9.53 Å². The van der Waals surface area contributed by atoms with Gasteiger partial charge in [-0.15, -0.1) is 0 Å². The summed E-state index contributed by atoms with van der Waals surface area (Å²) in [5.74, 6) is 1.31. The minimum atomic E-state index is -0.0619. The Bertz CT molecular complexity index is 414. The summed E-state index contributed by atoms with van der Waals surface area (Å²) in [7, 11) is 0. The van der Waals surface area contributed by atoms with Crippen LogP contribution in [0, 0.1) is 5.92 Å². The Kier molecular flexibility index (Phi) is 4.20. The fraction of sp³-hybridized carbons (Fsp3) is 0.500. The molecule has 3 N–H and O–H groups in total. The molecule has 0 aromatic heterocycles. The van der Waals surface area contributed by atoms with Crippen molar-refractivity contribution in [3.63, 3.8) is 0 Å². The van der Waals surface area contributed by atoms with Crippen LogP contribution in [0.1, 0.15) is 31.4 Å². The summed E-state index contributed by atoms with van der Waals surface area (Å²) in [4.78, 5) is 11.5. The van der Waals surface area contributed by atoms with E-state index < -0.39 is 0 Å². The molecule has 0 spiro atoms. The van der Waals surface area contributed by atoms with Gasteiger partial charge >= 0.3 is 0 Å². The van der Waals surface area contributed by atoms with Crippen LogP contribution < -0.4 is 15.8 Å². The van der Waals surface area contributed by atoms with Gasteiger partial charge in [0, 0.05) is 12.6 Å². The van der Waals surface area contributed by atoms with Crippen LogP contribution in [0.2, 0.25) is 0 Å². The van der Waals surface area contributed by atoms with Gasteiger partial charge in [0.15, 0.2) is 6.61 Å². The lowest BCUT2D eigenvalue weighted by molar-refractivity contribution is -0.123. The van der Waals surface area contributed by atoms with E-state index in [1.165, 1.54) is 12.8 Å². The zero-order chi connectivity index (χ0) is 13.0. The monoisotopic (exact) mass is 248 g/mol. The highest BCUT2D eigenvalue weighted by Gasteiger charge is 2.21. The van der Waals surface area contributed by atoms with E-state index >= 15 is 0 Å². The van der Waals surface area contributed by atoms with E-state index in [0.717, 1.165) is 12.1 Å². The summed E-state index contributed by atoms with van der Waals surface area (Å²) in [5.41, 5.74) is 6.80. The first-order valence-corrected chi connectivity index (χ1v) is 6.40. The van der Waals surface area contributed by atoms with E-state index in [0.29, 0.717) is 11.7 Å². The Balaban J connectivity index is 1.77. The van der Waals surface area contributed by atoms with E-state index in [2.05, 4.69) is 5.32 Å². The van der Waals surface area contributed by atoms with Gasteiger partial charge in [0.1, 0.15) is 5.75 Å². The van der Waals surface area contributed by atoms with Gasteiger partial charge in [-0.05, 0) is 43.4 Å². The number of carbonyl (C=O) groups is 1. The second-order valence-corrected chi connectivity index (χ2v) is 4.90. The van der Waals surface area contributed by atoms with E-state index in [1.807, 2.05) is 31.2 Å². The van der Waals surface area contributed by atoms with Crippen molar-refractivity contribution in [3.05, 3.63) is 29.8 Å². The largest absolute Gasteiger partial charge is 0.484 e. The molecule has 1 saturated carbocycles. The summed E-state index contributed by atoms with van der Waals surface area (Å²) in [6.07, 6.45) is 2.47. The molecule has 1 aromatic carbocycles. The Labute approximate surface area is 108 Å². The lowest BCUT2D eigenvalue weighted by Crippen LogP contribution is -2.30. The van der Waals surface area contributed by atoms with Crippen LogP contribution in [0.15, 0.2) is 24.3 Å². The van der Waals surface area contributed by atoms with Gasteiger partial charge in [-0.3, -0.25) is 4.79 Å². The third kappa shape index (κ3) is 4.04. The first kappa shape index (κ1) is 12.9. The molecular weight excluding hydrogens is 228 g/mol. The lowest BCUT2D eigenvalue weighted by Gasteiger charge is -2.10. The smallest absolute Gasteiger partial charge is 0.257 e. The molecule has 1 amide bonds. The van der Waals surface area contributed by atoms with Crippen LogP contribution in [0.5, 0.6) is 5.75 Å². The second-order valence-electron chi connectivity index (χ2n) is 4.90. The van der Waals surface area contributed by atoms with Crippen LogP contribution in [0.4, 0.5) is 0 Å². The zero-order valence-corrected chi connectivity index (χ0v) is 10.7. The van der Waals surface area contributed by atoms with Gasteiger partial charge in [0.05, 0.1) is 0 Å². The summed E-state index contributed by atoms with van der Waals surface area (Å²) >= 11 is 0. The van der Waals surface area contributed by atoms with Crippen molar-refractivity contribution in [1.82, 2.24) is 5.32 Å². The maximum atomic E-state index is 11.5. The van der Waals surface area contributed by atoms with Gasteiger partial charge in [0.2, 0.25) is 0 Å². The Morgan fingerprint density at radius 3 is 3.00 bits per heavy atom. The maximum Gasteiger partial charge on any atom is 0.257 e. The van der Waals surface area contributed by atoms with E-state index in [9.17, 15) is 4.79 Å². The van der Waals surface area contributed by atoms with Crippen molar-refractivity contribution in [2.45, 2.75) is 25.8 Å². The SMILES string of the molecule is C[C@@H](N)c1cccc(OCC(=O)NCC2CC2)c1. The zero-order valence-electron chi connectivity index (χ0n) is 10.7. The first-order chi connectivity index (χ1) is 8.65. The van der Waals surface area contributed by atoms with E-state index in [-0.39, 0.29) is 18.6 Å². The van der Waals surface area contributed by atoms with E-state index in [1.54, 1.807) is 0 Å². The quantitative estimate of drug-likeness (QED) is 0.804. The lowest BCUT2D eigenvalue weighted by atomic mass is 10.1. The molecule has 2 rings (SSSR count). The van der Waals surface area contributed by atoms with Crippen molar-refractivity contribution >= 4 is 5.91 Å². The average Bonchev–Trinajstić information content (AvgIpc) is 3.18. The number of nitrogens with two attached hydrogens (primary N) is 1. The number of amides is 1. The number of carbonyl (C=O) groups excluding carboxylic acids is 1. The standard InChI is InChI=1S/C14H20N2O2/c1-10(15)12-3-2-4-13(7-12)18-9-14(17)16-8-11-5-6-11/h2-4,7,10-11H,5-6,8-9,15H2,1H3,(H,16,17)/t10-/m1/s1. The molecule has 0 bridgehead atoms. The van der Waals surface area contributed by atoms with Crippen LogP contribution in [0.3, 0.4) is 0 Å². The first-order valence-electron chi connectivity index (χ1n) is 6.40. The predicted octanol–water partition coefficient (Wildman–Crippen LogP) is 1.61. The second kappa shape index (κ2) is 5.87. The third-order valence-corrected chi connectivity index (χ3v) is 3.04. The number of ether oxygens (including phenoxy) is 1. The number of nitrogens with one attached hydrogen (secondary N) is 1. The highest BCUT2D eigenvalue weighted by atomic mass is 16.5. The highest BCUT2D eigenvalue weighted by molar-refractivity contribution is 5.77. The van der Waals surface area contributed by atoms with E-state index in [4.69, 9.17) is 10.5 Å². The Hall–Kier alpha value is -1.55. The van der Waals surface area contributed by atoms with Crippen LogP contribution >= 0.6 is 0 Å². The van der Waals surface area contributed by atoms with Gasteiger partial charge < -0.3 is 15.8 Å². The molecule has 4 nitrogen and oxygen atoms in total. The molecule has 0 aliphatic heterocycles. The summed E-state index contributed by atoms with van der Waals surface area (Å²) in [5, 5.41) is 2.86. The molecule has 0 saturated heterocycles. The minimum Gasteiger partial charge on any atom is -0.484 e. The minimum absolute atomic E-state index is 0.0303. The van der Waals surface area contributed by atoms with Gasteiger partial charge in [-0.2, -0.15) is 0 Å². The summed E-state index contributed by atoms with van der Waals surface area (Å²) in [6.45, 7) is 2.76. The van der Waals surface area contributed by atoms with Gasteiger partial charge in [-0.25, -0.2) is 0 Å². The summed E-state index contributed by atoms with van der Waals surface area (Å²) < 4.78 is 5.44. The molecule has 0 radical (unpaired) electrons. The highest BCUT2D eigenvalue weighted by Crippen LogP contribution is 2.27. The Morgan fingerprint density at radius 1 is 1.56 bits per heavy atom. The predicted molar refractivity (Wildman–Crippen MR) is 70.3 cm³/mol. The molecule has 18 heavy (non-hydrogen) atoms. The topological polar surface area (TPSA) is 64.3 Å². The molecule has 1 aromatic rings. The number of hydrogen-bond donors (Lipinski definition) is 2. The number of benzene rings is 1. The fourth-order valence-electron chi connectivity index (χ4n) is 1.67. The van der Waals surface area contributed by atoms with Gasteiger partial charge in [-0.1, -0.05) is 12.1 Å². The molecule has 1 aliphatic rings. The van der Waals surface area contributed by atoms with Crippen molar-refractivity contribution in [3.8, 4) is 5.75 Å². The third-order valence-electron chi connectivity index (χ3n) is 3.04. The van der Waals surface area contributed by atoms with Crippen LogP contribution in [-0.2, 0) is 4.79 Å². The molecule has 0 unspecified atom stereocenters. The number of rotatable bonds is 6. The average molecular weight is 248 g/mol. The molecule has 98 valence electrons. The molecule has 0 heterocycles. The molecule has 4 heteroatoms.